The minimum atomic E-state index is -1.11. The number of carbonyl (C=O) groups is 1. The zero-order valence-electron chi connectivity index (χ0n) is 8.98. The van der Waals surface area contributed by atoms with Gasteiger partial charge in [0.05, 0.1) is 0 Å². The SMILES string of the molecule is O=C([O-])CCc1ccc(-c2ccc(F)cc2)o1. The molecule has 0 atom stereocenters. The molecule has 0 radical (unpaired) electrons. The van der Waals surface area contributed by atoms with Crippen LogP contribution in [0.2, 0.25) is 0 Å². The maximum Gasteiger partial charge on any atom is 0.134 e. The van der Waals surface area contributed by atoms with Gasteiger partial charge in [-0.1, -0.05) is 0 Å². The summed E-state index contributed by atoms with van der Waals surface area (Å²) < 4.78 is 18.2. The molecular weight excluding hydrogens is 223 g/mol. The highest BCUT2D eigenvalue weighted by molar-refractivity contribution is 5.64. The maximum atomic E-state index is 12.7. The number of carboxylic acid groups (broad SMARTS) is 1. The first kappa shape index (κ1) is 11.4. The minimum Gasteiger partial charge on any atom is -0.550 e. The fourth-order valence-corrected chi connectivity index (χ4v) is 1.51. The van der Waals surface area contributed by atoms with E-state index in [0.717, 1.165) is 5.56 Å². The van der Waals surface area contributed by atoms with Crippen LogP contribution in [0.3, 0.4) is 0 Å². The summed E-state index contributed by atoms with van der Waals surface area (Å²) in [7, 11) is 0. The molecule has 0 amide bonds. The molecular formula is C13H10FO3-. The van der Waals surface area contributed by atoms with E-state index in [9.17, 15) is 14.3 Å². The number of halogens is 1. The Morgan fingerprint density at radius 1 is 1.18 bits per heavy atom. The number of aryl methyl sites for hydroxylation is 1. The van der Waals surface area contributed by atoms with Crippen LogP contribution in [0.1, 0.15) is 12.2 Å². The van der Waals surface area contributed by atoms with E-state index >= 15 is 0 Å². The van der Waals surface area contributed by atoms with E-state index in [1.165, 1.54) is 12.1 Å². The van der Waals surface area contributed by atoms with Crippen molar-refractivity contribution < 1.29 is 18.7 Å². The number of carbonyl (C=O) groups excluding carboxylic acids is 1. The van der Waals surface area contributed by atoms with E-state index < -0.39 is 5.97 Å². The van der Waals surface area contributed by atoms with E-state index in [-0.39, 0.29) is 12.2 Å². The van der Waals surface area contributed by atoms with Crippen molar-refractivity contribution in [2.45, 2.75) is 12.8 Å². The van der Waals surface area contributed by atoms with Crippen LogP contribution in [0.5, 0.6) is 0 Å². The summed E-state index contributed by atoms with van der Waals surface area (Å²) in [6, 6.07) is 9.35. The Bertz CT molecular complexity index is 514. The maximum absolute atomic E-state index is 12.7. The van der Waals surface area contributed by atoms with Crippen molar-refractivity contribution in [1.29, 1.82) is 0 Å². The molecule has 2 aromatic rings. The quantitative estimate of drug-likeness (QED) is 0.808. The Kier molecular flexibility index (Phi) is 3.23. The Morgan fingerprint density at radius 2 is 1.88 bits per heavy atom. The van der Waals surface area contributed by atoms with Crippen molar-refractivity contribution in [1.82, 2.24) is 0 Å². The molecule has 0 saturated carbocycles. The number of aliphatic carboxylic acids is 1. The van der Waals surface area contributed by atoms with Crippen LogP contribution in [-0.2, 0) is 11.2 Å². The predicted molar refractivity (Wildman–Crippen MR) is 57.4 cm³/mol. The van der Waals surface area contributed by atoms with Crippen LogP contribution < -0.4 is 5.11 Å². The van der Waals surface area contributed by atoms with E-state index in [1.54, 1.807) is 24.3 Å². The largest absolute Gasteiger partial charge is 0.550 e. The third kappa shape index (κ3) is 2.93. The lowest BCUT2D eigenvalue weighted by atomic mass is 10.2. The van der Waals surface area contributed by atoms with Crippen molar-refractivity contribution in [3.63, 3.8) is 0 Å². The van der Waals surface area contributed by atoms with Gasteiger partial charge in [-0.15, -0.1) is 0 Å². The number of furan rings is 1. The van der Waals surface area contributed by atoms with Gasteiger partial charge in [-0.2, -0.15) is 0 Å². The predicted octanol–water partition coefficient (Wildman–Crippen LogP) is 1.77. The molecule has 4 heteroatoms. The number of benzene rings is 1. The summed E-state index contributed by atoms with van der Waals surface area (Å²) in [6.07, 6.45) is 0.222. The third-order valence-corrected chi connectivity index (χ3v) is 2.37. The van der Waals surface area contributed by atoms with Crippen LogP contribution >= 0.6 is 0 Å². The molecule has 0 fully saturated rings. The minimum absolute atomic E-state index is 0.0730. The van der Waals surface area contributed by atoms with Crippen molar-refractivity contribution in [3.05, 3.63) is 48.0 Å². The molecule has 0 aliphatic carbocycles. The molecule has 0 bridgehead atoms. The van der Waals surface area contributed by atoms with Gasteiger partial charge in [0.2, 0.25) is 0 Å². The second kappa shape index (κ2) is 4.82. The molecule has 0 spiro atoms. The standard InChI is InChI=1S/C13H11FO3/c14-10-3-1-9(2-4-10)12-7-5-11(17-12)6-8-13(15)16/h1-5,7H,6,8H2,(H,15,16)/p-1. The monoisotopic (exact) mass is 233 g/mol. The van der Waals surface area contributed by atoms with Gasteiger partial charge >= 0.3 is 0 Å². The average molecular weight is 233 g/mol. The lowest BCUT2D eigenvalue weighted by Gasteiger charge is -1.99. The van der Waals surface area contributed by atoms with Crippen LogP contribution in [-0.4, -0.2) is 5.97 Å². The third-order valence-electron chi connectivity index (χ3n) is 2.37. The number of hydrogen-bond donors (Lipinski definition) is 0. The lowest BCUT2D eigenvalue weighted by Crippen LogP contribution is -2.22. The number of carboxylic acids is 1. The summed E-state index contributed by atoms with van der Waals surface area (Å²) in [5.74, 6) is -0.242. The van der Waals surface area contributed by atoms with Crippen LogP contribution in [0.25, 0.3) is 11.3 Å². The first-order chi connectivity index (χ1) is 8.15. The molecule has 3 nitrogen and oxygen atoms in total. The second-order valence-corrected chi connectivity index (χ2v) is 3.64. The molecule has 1 heterocycles. The molecule has 88 valence electrons. The van der Waals surface area contributed by atoms with E-state index in [2.05, 4.69) is 0 Å². The van der Waals surface area contributed by atoms with Gasteiger partial charge in [0.15, 0.2) is 0 Å². The smallest absolute Gasteiger partial charge is 0.134 e. The van der Waals surface area contributed by atoms with Crippen LogP contribution in [0, 0.1) is 5.82 Å². The van der Waals surface area contributed by atoms with Gasteiger partial charge in [-0.25, -0.2) is 4.39 Å². The molecule has 0 aliphatic heterocycles. The molecule has 0 saturated heterocycles. The normalized spacial score (nSPS) is 10.4. The first-order valence-corrected chi connectivity index (χ1v) is 5.19. The summed E-state index contributed by atoms with van der Waals surface area (Å²) in [4.78, 5) is 10.3. The van der Waals surface area contributed by atoms with Crippen molar-refractivity contribution in [2.75, 3.05) is 0 Å². The fourth-order valence-electron chi connectivity index (χ4n) is 1.51. The van der Waals surface area contributed by atoms with Crippen LogP contribution in [0.15, 0.2) is 40.8 Å². The van der Waals surface area contributed by atoms with Gasteiger partial charge in [-0.3, -0.25) is 0 Å². The van der Waals surface area contributed by atoms with Crippen molar-refractivity contribution in [2.24, 2.45) is 0 Å². The van der Waals surface area contributed by atoms with E-state index in [0.29, 0.717) is 17.9 Å². The van der Waals surface area contributed by atoms with E-state index in [4.69, 9.17) is 4.42 Å². The Morgan fingerprint density at radius 3 is 2.53 bits per heavy atom. The first-order valence-electron chi connectivity index (χ1n) is 5.19. The molecule has 2 rings (SSSR count). The molecule has 17 heavy (non-hydrogen) atoms. The average Bonchev–Trinajstić information content (AvgIpc) is 2.76. The Hall–Kier alpha value is -2.10. The molecule has 0 N–H and O–H groups in total. The highest BCUT2D eigenvalue weighted by Crippen LogP contribution is 2.22. The molecule has 1 aromatic heterocycles. The van der Waals surface area contributed by atoms with E-state index in [1.807, 2.05) is 0 Å². The summed E-state index contributed by atoms with van der Waals surface area (Å²) in [6.45, 7) is 0. The topological polar surface area (TPSA) is 53.3 Å². The fraction of sp³-hybridized carbons (Fsp3) is 0.154. The van der Waals surface area contributed by atoms with Gasteiger partial charge in [0.25, 0.3) is 0 Å². The summed E-state index contributed by atoms with van der Waals surface area (Å²) >= 11 is 0. The van der Waals surface area contributed by atoms with Crippen molar-refractivity contribution >= 4 is 5.97 Å². The lowest BCUT2D eigenvalue weighted by molar-refractivity contribution is -0.305. The zero-order valence-corrected chi connectivity index (χ0v) is 8.98. The summed E-state index contributed by atoms with van der Waals surface area (Å²) in [5, 5.41) is 10.3. The van der Waals surface area contributed by atoms with Gasteiger partial charge in [0, 0.05) is 18.0 Å². The second-order valence-electron chi connectivity index (χ2n) is 3.64. The Balaban J connectivity index is 2.12. The highest BCUT2D eigenvalue weighted by Gasteiger charge is 2.04. The van der Waals surface area contributed by atoms with Crippen molar-refractivity contribution in [3.8, 4) is 11.3 Å². The van der Waals surface area contributed by atoms with Gasteiger partial charge in [0.1, 0.15) is 17.3 Å². The zero-order chi connectivity index (χ0) is 12.3. The summed E-state index contributed by atoms with van der Waals surface area (Å²) in [5.41, 5.74) is 0.756. The van der Waals surface area contributed by atoms with Gasteiger partial charge in [-0.05, 0) is 42.8 Å². The van der Waals surface area contributed by atoms with Gasteiger partial charge < -0.3 is 14.3 Å². The highest BCUT2D eigenvalue weighted by atomic mass is 19.1. The number of rotatable bonds is 4. The molecule has 0 unspecified atom stereocenters. The van der Waals surface area contributed by atoms with Crippen LogP contribution in [0.4, 0.5) is 4.39 Å². The molecule has 1 aromatic carbocycles. The molecule has 0 aliphatic rings. The number of hydrogen-bond acceptors (Lipinski definition) is 3. The Labute approximate surface area is 97.5 Å².